The Labute approximate surface area is 188 Å². The molecule has 0 aliphatic rings. The topological polar surface area (TPSA) is 83.1 Å². The van der Waals surface area contributed by atoms with Crippen molar-refractivity contribution in [3.8, 4) is 0 Å². The third-order valence-electron chi connectivity index (χ3n) is 4.35. The van der Waals surface area contributed by atoms with Crippen LogP contribution in [0.4, 0.5) is 18.9 Å². The number of anilines is 1. The summed E-state index contributed by atoms with van der Waals surface area (Å²) < 4.78 is 65.7. The number of nitrogens with one attached hydrogen (secondary N) is 3. The molecule has 0 fully saturated rings. The quantitative estimate of drug-likeness (QED) is 0.443. The number of halogens is 3. The number of aromatic nitrogens is 1. The summed E-state index contributed by atoms with van der Waals surface area (Å²) in [6.45, 7) is 0.232. The lowest BCUT2D eigenvalue weighted by Gasteiger charge is -2.12. The number of hydrogen-bond donors (Lipinski definition) is 3. The molecule has 1 aromatic heterocycles. The number of nitrogens with zero attached hydrogens (tertiary/aromatic N) is 1. The molecule has 168 valence electrons. The van der Waals surface area contributed by atoms with E-state index >= 15 is 0 Å². The van der Waals surface area contributed by atoms with Gasteiger partial charge in [0.1, 0.15) is 0 Å². The van der Waals surface area contributed by atoms with Gasteiger partial charge in [-0.15, -0.1) is 0 Å². The van der Waals surface area contributed by atoms with Gasteiger partial charge < -0.3 is 10.6 Å². The van der Waals surface area contributed by atoms with Crippen LogP contribution in [-0.2, 0) is 29.3 Å². The first-order valence-electron chi connectivity index (χ1n) is 9.33. The fourth-order valence-corrected chi connectivity index (χ4v) is 3.90. The van der Waals surface area contributed by atoms with E-state index in [0.717, 1.165) is 17.7 Å². The molecule has 0 radical (unpaired) electrons. The second-order valence-corrected chi connectivity index (χ2v) is 8.89. The van der Waals surface area contributed by atoms with Crippen molar-refractivity contribution in [2.75, 3.05) is 5.32 Å². The molecule has 11 heteroatoms. The molecular formula is C21H19F3N4O2S2. The average Bonchev–Trinajstić information content (AvgIpc) is 2.77. The minimum Gasteiger partial charge on any atom is -0.358 e. The van der Waals surface area contributed by atoms with Gasteiger partial charge in [-0.3, -0.25) is 4.98 Å². The maximum Gasteiger partial charge on any atom is 0.416 e. The number of sulfonamides is 1. The van der Waals surface area contributed by atoms with Crippen LogP contribution in [0, 0.1) is 0 Å². The van der Waals surface area contributed by atoms with Crippen LogP contribution in [0.3, 0.4) is 0 Å². The highest BCUT2D eigenvalue weighted by Crippen LogP contribution is 2.29. The molecule has 2 aromatic carbocycles. The lowest BCUT2D eigenvalue weighted by atomic mass is 10.1. The molecule has 3 rings (SSSR count). The molecule has 6 nitrogen and oxygen atoms in total. The molecule has 0 atom stereocenters. The van der Waals surface area contributed by atoms with Gasteiger partial charge in [0.05, 0.1) is 10.5 Å². The van der Waals surface area contributed by atoms with Crippen LogP contribution in [0.5, 0.6) is 0 Å². The Kier molecular flexibility index (Phi) is 7.44. The van der Waals surface area contributed by atoms with Crippen LogP contribution in [0.15, 0.2) is 78.0 Å². The van der Waals surface area contributed by atoms with Gasteiger partial charge in [-0.2, -0.15) is 13.2 Å². The standard InChI is InChI=1S/C21H19F3N4O2S2/c22-21(23,24)17-3-1-2-16(12-17)14-27-32(29,30)19-6-4-18(5-7-19)28-20(31)26-13-15-8-10-25-11-9-15/h1-12,27H,13-14H2,(H2,26,28,31). The van der Waals surface area contributed by atoms with Crippen LogP contribution in [0.1, 0.15) is 16.7 Å². The molecule has 3 N–H and O–H groups in total. The zero-order chi connectivity index (χ0) is 23.2. The zero-order valence-corrected chi connectivity index (χ0v) is 18.2. The summed E-state index contributed by atoms with van der Waals surface area (Å²) >= 11 is 5.23. The lowest BCUT2D eigenvalue weighted by Crippen LogP contribution is -2.28. The fraction of sp³-hybridized carbons (Fsp3) is 0.143. The van der Waals surface area contributed by atoms with Crippen LogP contribution in [-0.4, -0.2) is 18.5 Å². The SMILES string of the molecule is O=S(=O)(NCc1cccc(C(F)(F)F)c1)c1ccc(NC(=S)NCc2ccncc2)cc1. The predicted molar refractivity (Wildman–Crippen MR) is 119 cm³/mol. The van der Waals surface area contributed by atoms with Gasteiger partial charge in [-0.25, -0.2) is 13.1 Å². The second-order valence-electron chi connectivity index (χ2n) is 6.71. The molecule has 32 heavy (non-hydrogen) atoms. The normalized spacial score (nSPS) is 11.7. The van der Waals surface area contributed by atoms with Crippen LogP contribution in [0.25, 0.3) is 0 Å². The van der Waals surface area contributed by atoms with Crippen molar-refractivity contribution in [3.05, 3.63) is 89.7 Å². The van der Waals surface area contributed by atoms with Gasteiger partial charge >= 0.3 is 6.18 Å². The predicted octanol–water partition coefficient (Wildman–Crippen LogP) is 4.07. The van der Waals surface area contributed by atoms with Gasteiger partial charge in [0, 0.05) is 31.2 Å². The number of pyridine rings is 1. The van der Waals surface area contributed by atoms with Crippen LogP contribution < -0.4 is 15.4 Å². The molecule has 3 aromatic rings. The van der Waals surface area contributed by atoms with Gasteiger partial charge in [0.25, 0.3) is 0 Å². The summed E-state index contributed by atoms with van der Waals surface area (Å²) in [7, 11) is -3.91. The van der Waals surface area contributed by atoms with Gasteiger partial charge in [-0.1, -0.05) is 18.2 Å². The first-order valence-corrected chi connectivity index (χ1v) is 11.2. The number of hydrogen-bond acceptors (Lipinski definition) is 4. The van der Waals surface area contributed by atoms with Crippen LogP contribution in [0.2, 0.25) is 0 Å². The zero-order valence-electron chi connectivity index (χ0n) is 16.6. The molecule has 0 saturated heterocycles. The summed E-state index contributed by atoms with van der Waals surface area (Å²) in [5.74, 6) is 0. The molecule has 0 aliphatic heterocycles. The second kappa shape index (κ2) is 10.1. The molecule has 0 spiro atoms. The van der Waals surface area contributed by atoms with Crippen molar-refractivity contribution in [3.63, 3.8) is 0 Å². The maximum absolute atomic E-state index is 12.8. The van der Waals surface area contributed by atoms with Crippen molar-refractivity contribution in [2.45, 2.75) is 24.2 Å². The largest absolute Gasteiger partial charge is 0.416 e. The van der Waals surface area contributed by atoms with Crippen molar-refractivity contribution in [2.24, 2.45) is 0 Å². The van der Waals surface area contributed by atoms with E-state index in [1.54, 1.807) is 24.5 Å². The highest BCUT2D eigenvalue weighted by Gasteiger charge is 2.30. The van der Waals surface area contributed by atoms with E-state index in [1.165, 1.54) is 24.3 Å². The first-order chi connectivity index (χ1) is 15.1. The maximum atomic E-state index is 12.8. The first kappa shape index (κ1) is 23.6. The van der Waals surface area contributed by atoms with Crippen molar-refractivity contribution in [1.82, 2.24) is 15.0 Å². The van der Waals surface area contributed by atoms with E-state index in [2.05, 4.69) is 20.3 Å². The van der Waals surface area contributed by atoms with Crippen molar-refractivity contribution >= 4 is 33.0 Å². The summed E-state index contributed by atoms with van der Waals surface area (Å²) in [6, 6.07) is 14.0. The smallest absolute Gasteiger partial charge is 0.358 e. The monoisotopic (exact) mass is 480 g/mol. The number of rotatable bonds is 7. The Hall–Kier alpha value is -3.02. The third-order valence-corrected chi connectivity index (χ3v) is 6.01. The van der Waals surface area contributed by atoms with E-state index < -0.39 is 21.8 Å². The molecule has 0 bridgehead atoms. The summed E-state index contributed by atoms with van der Waals surface area (Å²) in [4.78, 5) is 3.91. The Balaban J connectivity index is 1.56. The Morgan fingerprint density at radius 3 is 2.28 bits per heavy atom. The van der Waals surface area contributed by atoms with E-state index in [4.69, 9.17) is 12.2 Å². The third kappa shape index (κ3) is 6.74. The molecule has 0 amide bonds. The van der Waals surface area contributed by atoms with E-state index in [0.29, 0.717) is 17.3 Å². The Morgan fingerprint density at radius 2 is 1.62 bits per heavy atom. The average molecular weight is 481 g/mol. The molecule has 0 saturated carbocycles. The number of thiocarbonyl (C=S) groups is 1. The summed E-state index contributed by atoms with van der Waals surface area (Å²) in [6.07, 6.45) is -1.15. The van der Waals surface area contributed by atoms with E-state index in [1.807, 2.05) is 12.1 Å². The molecule has 1 heterocycles. The fourth-order valence-electron chi connectivity index (χ4n) is 2.69. The van der Waals surface area contributed by atoms with E-state index in [-0.39, 0.29) is 17.0 Å². The molecule has 0 aliphatic carbocycles. The highest BCUT2D eigenvalue weighted by atomic mass is 32.2. The van der Waals surface area contributed by atoms with Crippen LogP contribution >= 0.6 is 12.2 Å². The summed E-state index contributed by atoms with van der Waals surface area (Å²) in [5, 5.41) is 6.34. The van der Waals surface area contributed by atoms with Crippen molar-refractivity contribution in [1.29, 1.82) is 0 Å². The molecule has 0 unspecified atom stereocenters. The molecular weight excluding hydrogens is 461 g/mol. The Morgan fingerprint density at radius 1 is 0.938 bits per heavy atom. The van der Waals surface area contributed by atoms with Crippen molar-refractivity contribution < 1.29 is 21.6 Å². The summed E-state index contributed by atoms with van der Waals surface area (Å²) in [5.41, 5.74) is 0.942. The van der Waals surface area contributed by atoms with E-state index in [9.17, 15) is 21.6 Å². The Bertz CT molecular complexity index is 1170. The van der Waals surface area contributed by atoms with Gasteiger partial charge in [0.15, 0.2) is 5.11 Å². The van der Waals surface area contributed by atoms with Gasteiger partial charge in [-0.05, 0) is 65.8 Å². The lowest BCUT2D eigenvalue weighted by molar-refractivity contribution is -0.137. The number of benzene rings is 2. The van der Waals surface area contributed by atoms with Gasteiger partial charge in [0.2, 0.25) is 10.0 Å². The highest BCUT2D eigenvalue weighted by molar-refractivity contribution is 7.89. The minimum atomic E-state index is -4.49. The minimum absolute atomic E-state index is 0.0225. The number of alkyl halides is 3.